The number of sulfonamides is 1. The molecule has 10 heteroatoms. The number of carbonyl (C=O) groups excluding carboxylic acids is 2. The standard InChI is InChI=1S/C28H31Cl2N3O4S/c1-4-31-28(35)26(16-21-10-6-5-7-11-21)32(18-22-12-8-9-20(2)15-22)27(34)19-33(38(3,36)37)25-17-23(29)13-14-24(25)30/h5-15,17,26H,4,16,18-19H2,1-3H3,(H,31,35)/t26-/m1/s1. The Balaban J connectivity index is 2.07. The van der Waals surface area contributed by atoms with Crippen LogP contribution in [0, 0.1) is 6.92 Å². The highest BCUT2D eigenvalue weighted by molar-refractivity contribution is 7.92. The fraction of sp³-hybridized carbons (Fsp3) is 0.286. The van der Waals surface area contributed by atoms with Crippen molar-refractivity contribution < 1.29 is 18.0 Å². The number of carbonyl (C=O) groups is 2. The molecule has 0 aliphatic heterocycles. The van der Waals surface area contributed by atoms with Gasteiger partial charge in [-0.25, -0.2) is 8.42 Å². The number of hydrogen-bond donors (Lipinski definition) is 1. The molecule has 0 fully saturated rings. The van der Waals surface area contributed by atoms with Crippen LogP contribution in [0.2, 0.25) is 10.0 Å². The lowest BCUT2D eigenvalue weighted by Crippen LogP contribution is -2.53. The van der Waals surface area contributed by atoms with Crippen molar-refractivity contribution in [1.82, 2.24) is 10.2 Å². The first-order chi connectivity index (χ1) is 18.0. The number of aryl methyl sites for hydroxylation is 1. The molecule has 0 unspecified atom stereocenters. The van der Waals surface area contributed by atoms with Crippen LogP contribution in [0.4, 0.5) is 5.69 Å². The van der Waals surface area contributed by atoms with Gasteiger partial charge in [0.1, 0.15) is 12.6 Å². The summed E-state index contributed by atoms with van der Waals surface area (Å²) < 4.78 is 26.6. The van der Waals surface area contributed by atoms with E-state index in [0.29, 0.717) is 6.54 Å². The summed E-state index contributed by atoms with van der Waals surface area (Å²) in [6, 6.07) is 20.5. The SMILES string of the molecule is CCNC(=O)[C@@H](Cc1ccccc1)N(Cc1cccc(C)c1)C(=O)CN(c1cc(Cl)ccc1Cl)S(C)(=O)=O. The second-order valence-corrected chi connectivity index (χ2v) is 11.7. The highest BCUT2D eigenvalue weighted by Gasteiger charge is 2.33. The molecule has 0 aliphatic carbocycles. The lowest BCUT2D eigenvalue weighted by Gasteiger charge is -2.33. The van der Waals surface area contributed by atoms with E-state index in [1.54, 1.807) is 6.92 Å². The van der Waals surface area contributed by atoms with Crippen LogP contribution < -0.4 is 9.62 Å². The number of nitrogens with zero attached hydrogens (tertiary/aromatic N) is 2. The zero-order valence-electron chi connectivity index (χ0n) is 21.5. The van der Waals surface area contributed by atoms with Crippen molar-refractivity contribution >= 4 is 50.7 Å². The largest absolute Gasteiger partial charge is 0.355 e. The van der Waals surface area contributed by atoms with Gasteiger partial charge in [-0.3, -0.25) is 13.9 Å². The Hall–Kier alpha value is -3.07. The van der Waals surface area contributed by atoms with Crippen molar-refractivity contribution in [2.24, 2.45) is 0 Å². The third-order valence-electron chi connectivity index (χ3n) is 5.91. The van der Waals surface area contributed by atoms with E-state index in [2.05, 4.69) is 5.32 Å². The van der Waals surface area contributed by atoms with E-state index in [9.17, 15) is 18.0 Å². The molecule has 1 N–H and O–H groups in total. The van der Waals surface area contributed by atoms with Crippen molar-refractivity contribution in [2.45, 2.75) is 32.9 Å². The summed E-state index contributed by atoms with van der Waals surface area (Å²) >= 11 is 12.4. The zero-order chi connectivity index (χ0) is 27.9. The lowest BCUT2D eigenvalue weighted by atomic mass is 10.0. The Bertz CT molecular complexity index is 1380. The van der Waals surface area contributed by atoms with Gasteiger partial charge < -0.3 is 10.2 Å². The predicted molar refractivity (Wildman–Crippen MR) is 153 cm³/mol. The molecule has 0 aromatic heterocycles. The minimum atomic E-state index is -3.94. The Morgan fingerprint density at radius 3 is 2.26 bits per heavy atom. The minimum Gasteiger partial charge on any atom is -0.355 e. The first-order valence-corrected chi connectivity index (χ1v) is 14.7. The summed E-state index contributed by atoms with van der Waals surface area (Å²) in [7, 11) is -3.94. The highest BCUT2D eigenvalue weighted by atomic mass is 35.5. The number of benzene rings is 3. The van der Waals surface area contributed by atoms with Crippen LogP contribution in [0.5, 0.6) is 0 Å². The second-order valence-electron chi connectivity index (χ2n) is 8.98. The van der Waals surface area contributed by atoms with Crippen LogP contribution in [0.3, 0.4) is 0 Å². The molecule has 7 nitrogen and oxygen atoms in total. The molecule has 0 aliphatic rings. The summed E-state index contributed by atoms with van der Waals surface area (Å²) in [5.41, 5.74) is 2.76. The number of nitrogens with one attached hydrogen (secondary N) is 1. The first-order valence-electron chi connectivity index (χ1n) is 12.1. The molecule has 2 amide bonds. The third kappa shape index (κ3) is 7.96. The lowest BCUT2D eigenvalue weighted by molar-refractivity contribution is -0.140. The number of likely N-dealkylation sites (N-methyl/N-ethyl adjacent to an activating group) is 1. The maximum absolute atomic E-state index is 14.0. The molecule has 3 rings (SSSR count). The average molecular weight is 577 g/mol. The van der Waals surface area contributed by atoms with E-state index in [1.807, 2.05) is 61.5 Å². The number of hydrogen-bond acceptors (Lipinski definition) is 4. The normalized spacial score (nSPS) is 12.0. The van der Waals surface area contributed by atoms with Gasteiger partial charge in [0.05, 0.1) is 17.0 Å². The number of halogens is 2. The summed E-state index contributed by atoms with van der Waals surface area (Å²) in [6.45, 7) is 3.67. The molecule has 202 valence electrons. The van der Waals surface area contributed by atoms with Gasteiger partial charge in [-0.05, 0) is 43.2 Å². The van der Waals surface area contributed by atoms with E-state index in [1.165, 1.54) is 23.1 Å². The van der Waals surface area contributed by atoms with Gasteiger partial charge in [0.25, 0.3) is 0 Å². The van der Waals surface area contributed by atoms with E-state index in [0.717, 1.165) is 27.3 Å². The molecule has 0 radical (unpaired) electrons. The fourth-order valence-electron chi connectivity index (χ4n) is 4.12. The van der Waals surface area contributed by atoms with Crippen molar-refractivity contribution in [3.63, 3.8) is 0 Å². The van der Waals surface area contributed by atoms with Crippen molar-refractivity contribution in [3.8, 4) is 0 Å². The van der Waals surface area contributed by atoms with Crippen molar-refractivity contribution in [3.05, 3.63) is 99.5 Å². The van der Waals surface area contributed by atoms with Crippen LogP contribution in [-0.4, -0.2) is 50.5 Å². The van der Waals surface area contributed by atoms with Gasteiger partial charge in [0, 0.05) is 24.5 Å². The smallest absolute Gasteiger partial charge is 0.244 e. The number of anilines is 1. The quantitative estimate of drug-likeness (QED) is 0.354. The molecule has 0 saturated heterocycles. The summed E-state index contributed by atoms with van der Waals surface area (Å²) in [5, 5.41) is 3.22. The van der Waals surface area contributed by atoms with E-state index >= 15 is 0 Å². The maximum Gasteiger partial charge on any atom is 0.244 e. The Morgan fingerprint density at radius 1 is 0.947 bits per heavy atom. The Labute approximate surface area is 234 Å². The van der Waals surface area contributed by atoms with Crippen LogP contribution in [0.15, 0.2) is 72.8 Å². The fourth-order valence-corrected chi connectivity index (χ4v) is 5.41. The molecule has 0 bridgehead atoms. The Kier molecular flexibility index (Phi) is 10.2. The van der Waals surface area contributed by atoms with E-state index in [-0.39, 0.29) is 34.6 Å². The molecule has 38 heavy (non-hydrogen) atoms. The monoisotopic (exact) mass is 575 g/mol. The molecule has 0 heterocycles. The molecular weight excluding hydrogens is 545 g/mol. The highest BCUT2D eigenvalue weighted by Crippen LogP contribution is 2.31. The summed E-state index contributed by atoms with van der Waals surface area (Å²) in [5.74, 6) is -0.885. The summed E-state index contributed by atoms with van der Waals surface area (Å²) in [6.07, 6.45) is 1.24. The molecule has 3 aromatic carbocycles. The molecule has 0 spiro atoms. The third-order valence-corrected chi connectivity index (χ3v) is 7.59. The van der Waals surface area contributed by atoms with Crippen LogP contribution in [-0.2, 0) is 32.6 Å². The van der Waals surface area contributed by atoms with Gasteiger partial charge in [-0.1, -0.05) is 83.4 Å². The van der Waals surface area contributed by atoms with Crippen molar-refractivity contribution in [1.29, 1.82) is 0 Å². The topological polar surface area (TPSA) is 86.8 Å². The van der Waals surface area contributed by atoms with Crippen LogP contribution >= 0.6 is 23.2 Å². The Morgan fingerprint density at radius 2 is 1.63 bits per heavy atom. The predicted octanol–water partition coefficient (Wildman–Crippen LogP) is 4.84. The van der Waals surface area contributed by atoms with Gasteiger partial charge in [-0.2, -0.15) is 0 Å². The van der Waals surface area contributed by atoms with Gasteiger partial charge in [0.2, 0.25) is 21.8 Å². The molecule has 1 atom stereocenters. The van der Waals surface area contributed by atoms with Crippen molar-refractivity contribution in [2.75, 3.05) is 23.7 Å². The van der Waals surface area contributed by atoms with Crippen LogP contribution in [0.25, 0.3) is 0 Å². The van der Waals surface area contributed by atoms with Crippen LogP contribution in [0.1, 0.15) is 23.6 Å². The van der Waals surface area contributed by atoms with E-state index in [4.69, 9.17) is 23.2 Å². The van der Waals surface area contributed by atoms with Gasteiger partial charge in [0.15, 0.2) is 0 Å². The zero-order valence-corrected chi connectivity index (χ0v) is 23.9. The average Bonchev–Trinajstić information content (AvgIpc) is 2.86. The maximum atomic E-state index is 14.0. The minimum absolute atomic E-state index is 0.0862. The molecule has 3 aromatic rings. The first kappa shape index (κ1) is 29.5. The second kappa shape index (κ2) is 13.1. The number of amides is 2. The summed E-state index contributed by atoms with van der Waals surface area (Å²) in [4.78, 5) is 28.7. The molecular formula is C28H31Cl2N3O4S. The van der Waals surface area contributed by atoms with Gasteiger partial charge in [-0.15, -0.1) is 0 Å². The van der Waals surface area contributed by atoms with Gasteiger partial charge >= 0.3 is 0 Å². The molecule has 0 saturated carbocycles. The number of rotatable bonds is 11. The van der Waals surface area contributed by atoms with E-state index < -0.39 is 28.5 Å².